The molecule has 6 aromatic rings. The normalized spacial score (nSPS) is 16.1. The number of hydrogen-bond acceptors (Lipinski definition) is 6. The van der Waals surface area contributed by atoms with Crippen molar-refractivity contribution < 1.29 is 23.8 Å². The van der Waals surface area contributed by atoms with Gasteiger partial charge in [0.05, 0.1) is 16.1 Å². The number of ether oxygens (including phenoxy) is 3. The summed E-state index contributed by atoms with van der Waals surface area (Å²) in [5, 5.41) is 7.23. The number of pyridine rings is 1. The summed E-state index contributed by atoms with van der Waals surface area (Å²) < 4.78 is 18.8. The van der Waals surface area contributed by atoms with Gasteiger partial charge < -0.3 is 29.7 Å². The van der Waals surface area contributed by atoms with E-state index >= 15 is 0 Å². The van der Waals surface area contributed by atoms with Crippen LogP contribution >= 0.6 is 23.2 Å². The molecule has 0 bridgehead atoms. The third-order valence-corrected chi connectivity index (χ3v) is 12.2. The minimum atomic E-state index is -0.730. The third kappa shape index (κ3) is 9.08. The molecule has 306 valence electrons. The molecule has 0 aliphatic carbocycles. The van der Waals surface area contributed by atoms with E-state index in [-0.39, 0.29) is 37.2 Å². The molecule has 0 radical (unpaired) electrons. The fourth-order valence-corrected chi connectivity index (χ4v) is 8.08. The summed E-state index contributed by atoms with van der Waals surface area (Å²) in [4.78, 5) is 34.1. The fraction of sp³-hybridized carbons (Fsp3) is 0.245. The molecule has 1 aromatic heterocycles. The van der Waals surface area contributed by atoms with Gasteiger partial charge in [0.25, 0.3) is 0 Å². The second kappa shape index (κ2) is 18.1. The predicted octanol–water partition coefficient (Wildman–Crippen LogP) is 10.3. The van der Waals surface area contributed by atoms with Crippen LogP contribution in [0.4, 0.5) is 4.79 Å². The first-order chi connectivity index (χ1) is 29.1. The monoisotopic (exact) mass is 840 g/mol. The lowest BCUT2D eigenvalue weighted by atomic mass is 9.92. The number of rotatable bonds is 11. The molecule has 3 atom stereocenters. The highest BCUT2D eigenvalue weighted by molar-refractivity contribution is 6.42. The minimum absolute atomic E-state index is 0.208. The van der Waals surface area contributed by atoms with E-state index in [0.29, 0.717) is 53.3 Å². The van der Waals surface area contributed by atoms with E-state index in [2.05, 4.69) is 46.8 Å². The Balaban J connectivity index is 0.950. The molecule has 8 rings (SSSR count). The Morgan fingerprint density at radius 3 is 2.45 bits per heavy atom. The number of amides is 3. The van der Waals surface area contributed by atoms with Gasteiger partial charge in [0, 0.05) is 37.0 Å². The maximum absolute atomic E-state index is 14.1. The number of nitrogens with zero attached hydrogens (tertiary/aromatic N) is 2. The van der Waals surface area contributed by atoms with Crippen LogP contribution < -0.4 is 24.8 Å². The highest BCUT2D eigenvalue weighted by Gasteiger charge is 2.37. The van der Waals surface area contributed by atoms with Crippen LogP contribution in [0.2, 0.25) is 10.0 Å². The molecular formula is C49H46Cl2N4O5. The molecule has 3 amide bonds. The number of aromatic nitrogens is 1. The molecule has 2 unspecified atom stereocenters. The Morgan fingerprint density at radius 1 is 0.900 bits per heavy atom. The lowest BCUT2D eigenvalue weighted by Gasteiger charge is -2.37. The molecular weight excluding hydrogens is 795 g/mol. The Kier molecular flexibility index (Phi) is 12.3. The van der Waals surface area contributed by atoms with Crippen molar-refractivity contribution in [3.8, 4) is 28.4 Å². The number of nitrogens with one attached hydrogen (secondary N) is 2. The van der Waals surface area contributed by atoms with Gasteiger partial charge >= 0.3 is 6.03 Å². The van der Waals surface area contributed by atoms with Crippen LogP contribution in [0.15, 0.2) is 121 Å². The zero-order valence-electron chi connectivity index (χ0n) is 33.7. The van der Waals surface area contributed by atoms with Crippen LogP contribution in [0.3, 0.4) is 0 Å². The largest absolute Gasteiger partial charge is 0.489 e. The van der Waals surface area contributed by atoms with E-state index < -0.39 is 6.04 Å². The van der Waals surface area contributed by atoms with Gasteiger partial charge in [-0.15, -0.1) is 0 Å². The summed E-state index contributed by atoms with van der Waals surface area (Å²) in [7, 11) is 0. The van der Waals surface area contributed by atoms with Crippen molar-refractivity contribution in [2.24, 2.45) is 0 Å². The number of halogens is 2. The van der Waals surface area contributed by atoms with Gasteiger partial charge in [-0.2, -0.15) is 0 Å². The van der Waals surface area contributed by atoms with Gasteiger partial charge in [-0.1, -0.05) is 102 Å². The maximum atomic E-state index is 14.1. The summed E-state index contributed by atoms with van der Waals surface area (Å²) in [5.74, 6) is 1.67. The molecule has 0 fully saturated rings. The lowest BCUT2D eigenvalue weighted by Crippen LogP contribution is -2.55. The number of aryl methyl sites for hydroxylation is 1. The Bertz CT molecular complexity index is 2500. The van der Waals surface area contributed by atoms with Crippen LogP contribution in [0, 0.1) is 13.8 Å². The molecule has 0 saturated heterocycles. The van der Waals surface area contributed by atoms with Crippen molar-refractivity contribution in [2.45, 2.75) is 65.0 Å². The van der Waals surface area contributed by atoms with Crippen LogP contribution in [-0.2, 0) is 30.8 Å². The topological polar surface area (TPSA) is 102 Å². The van der Waals surface area contributed by atoms with Crippen molar-refractivity contribution in [1.82, 2.24) is 20.5 Å². The van der Waals surface area contributed by atoms with Crippen molar-refractivity contribution >= 4 is 35.1 Å². The second-order valence-corrected chi connectivity index (χ2v) is 16.1. The molecule has 0 spiro atoms. The highest BCUT2D eigenvalue weighted by Crippen LogP contribution is 2.41. The first-order valence-electron chi connectivity index (χ1n) is 20.1. The van der Waals surface area contributed by atoms with Crippen LogP contribution in [-0.4, -0.2) is 41.0 Å². The maximum Gasteiger partial charge on any atom is 0.318 e. The molecule has 11 heteroatoms. The molecule has 5 aromatic carbocycles. The zero-order valence-corrected chi connectivity index (χ0v) is 35.2. The van der Waals surface area contributed by atoms with Gasteiger partial charge in [-0.05, 0) is 108 Å². The van der Waals surface area contributed by atoms with E-state index in [4.69, 9.17) is 37.4 Å². The van der Waals surface area contributed by atoms with Gasteiger partial charge in [0.1, 0.15) is 25.0 Å². The standard InChI is InChI=1S/C49H46Cl2N4O5/c1-30-31(2)52-23-21-41(30)35-14-12-33(13-15-35)20-22-53-48(56)43-24-38-25-44-45(26-39(38)27-55(43)49(57)54-32(3)34-8-5-4-6-9-34)60-46(29-59-44)36-16-18-40(19-17-36)58-28-37-10-7-11-42(50)47(37)51/h4-19,21,23,25-26,32,43,46H,20,22,24,27-29H2,1-3H3,(H,53,56)(H,54,57)/t32-,43?,46?/m1/s1. The van der Waals surface area contributed by atoms with Gasteiger partial charge in [-0.25, -0.2) is 4.79 Å². The zero-order chi connectivity index (χ0) is 41.8. The van der Waals surface area contributed by atoms with Crippen molar-refractivity contribution in [1.29, 1.82) is 0 Å². The molecule has 3 heterocycles. The minimum Gasteiger partial charge on any atom is -0.489 e. The smallest absolute Gasteiger partial charge is 0.318 e. The summed E-state index contributed by atoms with van der Waals surface area (Å²) in [6.45, 7) is 7.28. The number of hydrogen-bond donors (Lipinski definition) is 2. The highest BCUT2D eigenvalue weighted by atomic mass is 35.5. The Morgan fingerprint density at radius 2 is 1.67 bits per heavy atom. The van der Waals surface area contributed by atoms with Crippen LogP contribution in [0.1, 0.15) is 63.7 Å². The number of carbonyl (C=O) groups excluding carboxylic acids is 2. The van der Waals surface area contributed by atoms with Crippen molar-refractivity contribution in [3.05, 3.63) is 176 Å². The average Bonchev–Trinajstić information content (AvgIpc) is 3.27. The average molecular weight is 842 g/mol. The van der Waals surface area contributed by atoms with E-state index in [9.17, 15) is 9.59 Å². The fourth-order valence-electron chi connectivity index (χ4n) is 7.71. The second-order valence-electron chi connectivity index (χ2n) is 15.3. The van der Waals surface area contributed by atoms with E-state index in [1.807, 2.05) is 105 Å². The Labute approximate surface area is 360 Å². The predicted molar refractivity (Wildman–Crippen MR) is 235 cm³/mol. The first-order valence-corrected chi connectivity index (χ1v) is 20.9. The molecule has 0 saturated carbocycles. The number of benzene rings is 5. The van der Waals surface area contributed by atoms with Gasteiger partial charge in [0.15, 0.2) is 17.6 Å². The number of carbonyl (C=O) groups is 2. The van der Waals surface area contributed by atoms with E-state index in [0.717, 1.165) is 55.8 Å². The summed E-state index contributed by atoms with van der Waals surface area (Å²) in [6, 6.07) is 36.0. The Hall–Kier alpha value is -6.03. The van der Waals surface area contributed by atoms with Gasteiger partial charge in [-0.3, -0.25) is 9.78 Å². The lowest BCUT2D eigenvalue weighted by molar-refractivity contribution is -0.125. The summed E-state index contributed by atoms with van der Waals surface area (Å²) in [5.41, 5.74) is 10.1. The molecule has 60 heavy (non-hydrogen) atoms. The summed E-state index contributed by atoms with van der Waals surface area (Å²) in [6.07, 6.45) is 2.45. The number of urea groups is 1. The molecule has 2 aliphatic rings. The SMILES string of the molecule is Cc1nccc(-c2ccc(CCNC(=O)C3Cc4cc5c(cc4CN3C(=O)N[C@H](C)c3ccccc3)OC(c3ccc(OCc4cccc(Cl)c4Cl)cc3)CO5)cc2)c1C. The van der Waals surface area contributed by atoms with Crippen molar-refractivity contribution in [3.63, 3.8) is 0 Å². The van der Waals surface area contributed by atoms with E-state index in [1.54, 1.807) is 11.0 Å². The molecule has 2 N–H and O–H groups in total. The van der Waals surface area contributed by atoms with Gasteiger partial charge in [0.2, 0.25) is 5.91 Å². The van der Waals surface area contributed by atoms with Crippen LogP contribution in [0.25, 0.3) is 11.1 Å². The quantitative estimate of drug-likeness (QED) is 0.135. The van der Waals surface area contributed by atoms with E-state index in [1.165, 1.54) is 0 Å². The first kappa shape index (κ1) is 40.7. The molecule has 2 aliphatic heterocycles. The summed E-state index contributed by atoms with van der Waals surface area (Å²) >= 11 is 12.5. The van der Waals surface area contributed by atoms with Crippen molar-refractivity contribution in [2.75, 3.05) is 13.2 Å². The number of fused-ring (bicyclic) bond motifs is 2. The van der Waals surface area contributed by atoms with Crippen LogP contribution in [0.5, 0.6) is 17.2 Å². The molecule has 9 nitrogen and oxygen atoms in total. The third-order valence-electron chi connectivity index (χ3n) is 11.4.